The van der Waals surface area contributed by atoms with Crippen molar-refractivity contribution in [2.24, 2.45) is 7.05 Å². The summed E-state index contributed by atoms with van der Waals surface area (Å²) < 4.78 is 12.6. The van der Waals surface area contributed by atoms with Crippen molar-refractivity contribution < 1.29 is 23.9 Å². The molecule has 0 aliphatic carbocycles. The van der Waals surface area contributed by atoms with E-state index < -0.39 is 17.7 Å². The minimum atomic E-state index is -0.648. The van der Waals surface area contributed by atoms with Crippen molar-refractivity contribution in [3.63, 3.8) is 0 Å². The summed E-state index contributed by atoms with van der Waals surface area (Å²) in [5, 5.41) is 0. The lowest BCUT2D eigenvalue weighted by Gasteiger charge is -2.26. The monoisotopic (exact) mass is 370 g/mol. The number of fused-ring (bicyclic) bond motifs is 1. The van der Waals surface area contributed by atoms with Crippen molar-refractivity contribution in [3.05, 3.63) is 51.7 Å². The number of hydrogen-bond acceptors (Lipinski definition) is 7. The van der Waals surface area contributed by atoms with E-state index in [0.29, 0.717) is 11.3 Å². The molecule has 8 nitrogen and oxygen atoms in total. The predicted molar refractivity (Wildman–Crippen MR) is 94.2 cm³/mol. The molecule has 0 fully saturated rings. The van der Waals surface area contributed by atoms with Crippen molar-refractivity contribution in [2.45, 2.75) is 26.4 Å². The van der Waals surface area contributed by atoms with E-state index in [1.807, 2.05) is 0 Å². The molecule has 0 bridgehead atoms. The molecule has 0 aromatic carbocycles. The van der Waals surface area contributed by atoms with Crippen LogP contribution in [0.25, 0.3) is 0 Å². The summed E-state index contributed by atoms with van der Waals surface area (Å²) in [7, 11) is 1.60. The van der Waals surface area contributed by atoms with Crippen LogP contribution in [0.2, 0.25) is 0 Å². The molecule has 1 aliphatic heterocycles. The number of Topliss-reactive ketones (excluding diaryl/α,β-unsaturated/α-hetero) is 3. The predicted octanol–water partition coefficient (Wildman–Crippen LogP) is 1.33. The summed E-state index contributed by atoms with van der Waals surface area (Å²) in [6, 6.07) is 3.25. The van der Waals surface area contributed by atoms with Crippen LogP contribution in [-0.2, 0) is 16.6 Å². The molecule has 0 N–H and O–H groups in total. The van der Waals surface area contributed by atoms with Crippen molar-refractivity contribution in [1.29, 1.82) is 0 Å². The van der Waals surface area contributed by atoms with Gasteiger partial charge in [0.05, 0.1) is 12.6 Å². The van der Waals surface area contributed by atoms with E-state index in [9.17, 15) is 19.2 Å². The van der Waals surface area contributed by atoms with Gasteiger partial charge in [-0.3, -0.25) is 24.2 Å². The number of nitrogens with zero attached hydrogens (tertiary/aromatic N) is 2. The Balaban J connectivity index is 1.85. The van der Waals surface area contributed by atoms with Crippen LogP contribution in [0.5, 0.6) is 11.5 Å². The van der Waals surface area contributed by atoms with Crippen LogP contribution in [0.4, 0.5) is 0 Å². The molecule has 1 unspecified atom stereocenters. The van der Waals surface area contributed by atoms with Crippen molar-refractivity contribution in [2.75, 3.05) is 6.61 Å². The van der Waals surface area contributed by atoms with E-state index >= 15 is 0 Å². The van der Waals surface area contributed by atoms with Gasteiger partial charge in [0.15, 0.2) is 18.2 Å². The van der Waals surface area contributed by atoms with Crippen LogP contribution >= 0.6 is 0 Å². The zero-order valence-corrected chi connectivity index (χ0v) is 15.1. The number of aryl methyl sites for hydroxylation is 1. The maximum absolute atomic E-state index is 12.5. The molecule has 2 aromatic heterocycles. The molecule has 0 saturated carbocycles. The van der Waals surface area contributed by atoms with Gasteiger partial charge in [0.2, 0.25) is 5.78 Å². The van der Waals surface area contributed by atoms with Crippen molar-refractivity contribution in [1.82, 2.24) is 9.55 Å². The third-order valence-corrected chi connectivity index (χ3v) is 4.42. The summed E-state index contributed by atoms with van der Waals surface area (Å²) in [6.07, 6.45) is 2.28. The Hall–Kier alpha value is -3.29. The Kier molecular flexibility index (Phi) is 4.89. The topological polar surface area (TPSA) is 105 Å². The Labute approximate surface area is 154 Å². The molecule has 0 amide bonds. The quantitative estimate of drug-likeness (QED) is 0.731. The minimum Gasteiger partial charge on any atom is -0.484 e. The number of ether oxygens (including phenoxy) is 2. The van der Waals surface area contributed by atoms with Crippen LogP contribution in [0.1, 0.15) is 41.1 Å². The molecule has 2 aromatic rings. The second-order valence-corrected chi connectivity index (χ2v) is 6.34. The van der Waals surface area contributed by atoms with Crippen LogP contribution in [0.3, 0.4) is 0 Å². The van der Waals surface area contributed by atoms with Gasteiger partial charge in [-0.05, 0) is 13.0 Å². The Morgan fingerprint density at radius 1 is 1.30 bits per heavy atom. The maximum atomic E-state index is 12.5. The number of carbonyl (C=O) groups excluding carboxylic acids is 3. The smallest absolute Gasteiger partial charge is 0.265 e. The lowest BCUT2D eigenvalue weighted by Crippen LogP contribution is -2.31. The minimum absolute atomic E-state index is 0.0111. The molecular weight excluding hydrogens is 352 g/mol. The summed E-state index contributed by atoms with van der Waals surface area (Å²) in [5.74, 6) is -1.02. The third-order valence-electron chi connectivity index (χ3n) is 4.42. The SMILES string of the molecule is CC(=O)C(=O)COc1cncc(C2CC(=O)c3c(cc(C)n(C)c3=O)O2)c1. The normalized spacial score (nSPS) is 15.7. The Morgan fingerprint density at radius 2 is 2.04 bits per heavy atom. The van der Waals surface area contributed by atoms with Crippen LogP contribution < -0.4 is 15.0 Å². The van der Waals surface area contributed by atoms with Gasteiger partial charge in [-0.15, -0.1) is 0 Å². The van der Waals surface area contributed by atoms with E-state index in [1.165, 1.54) is 23.9 Å². The average Bonchev–Trinajstić information content (AvgIpc) is 2.63. The highest BCUT2D eigenvalue weighted by atomic mass is 16.5. The van der Waals surface area contributed by atoms with Crippen molar-refractivity contribution in [3.8, 4) is 11.5 Å². The summed E-state index contributed by atoms with van der Waals surface area (Å²) in [5.41, 5.74) is 0.906. The van der Waals surface area contributed by atoms with Crippen molar-refractivity contribution >= 4 is 17.3 Å². The zero-order chi connectivity index (χ0) is 19.7. The molecule has 1 aliphatic rings. The first kappa shape index (κ1) is 18.5. The average molecular weight is 370 g/mol. The molecule has 0 radical (unpaired) electrons. The van der Waals surface area contributed by atoms with Gasteiger partial charge >= 0.3 is 0 Å². The first-order valence-electron chi connectivity index (χ1n) is 8.30. The molecular formula is C19H18N2O6. The number of ketones is 3. The van der Waals surface area contributed by atoms with E-state index in [-0.39, 0.29) is 41.4 Å². The zero-order valence-electron chi connectivity index (χ0n) is 15.1. The number of aromatic nitrogens is 2. The van der Waals surface area contributed by atoms with E-state index in [1.54, 1.807) is 26.1 Å². The van der Waals surface area contributed by atoms with E-state index in [0.717, 1.165) is 0 Å². The highest BCUT2D eigenvalue weighted by Crippen LogP contribution is 2.34. The van der Waals surface area contributed by atoms with Crippen LogP contribution in [-0.4, -0.2) is 33.5 Å². The van der Waals surface area contributed by atoms with Gasteiger partial charge in [0, 0.05) is 37.5 Å². The summed E-state index contributed by atoms with van der Waals surface area (Å²) in [6.45, 7) is 2.54. The summed E-state index contributed by atoms with van der Waals surface area (Å²) >= 11 is 0. The Bertz CT molecular complexity index is 1010. The van der Waals surface area contributed by atoms with Gasteiger partial charge in [-0.1, -0.05) is 0 Å². The first-order valence-corrected chi connectivity index (χ1v) is 8.30. The Morgan fingerprint density at radius 3 is 2.74 bits per heavy atom. The second-order valence-electron chi connectivity index (χ2n) is 6.34. The number of pyridine rings is 2. The van der Waals surface area contributed by atoms with E-state index in [2.05, 4.69) is 4.98 Å². The van der Waals surface area contributed by atoms with Gasteiger partial charge in [0.25, 0.3) is 5.56 Å². The maximum Gasteiger partial charge on any atom is 0.265 e. The largest absolute Gasteiger partial charge is 0.484 e. The standard InChI is InChI=1S/C19H18N2O6/c1-10-4-17-18(19(25)21(10)3)14(23)6-16(27-17)12-5-13(8-20-7-12)26-9-15(24)11(2)22/h4-5,7-8,16H,6,9H2,1-3H3. The van der Waals surface area contributed by atoms with Gasteiger partial charge in [-0.2, -0.15) is 0 Å². The molecule has 1 atom stereocenters. The second kappa shape index (κ2) is 7.14. The number of rotatable bonds is 5. The van der Waals surface area contributed by atoms with Gasteiger partial charge in [0.1, 0.15) is 23.2 Å². The number of carbonyl (C=O) groups is 3. The fourth-order valence-corrected chi connectivity index (χ4v) is 2.73. The highest BCUT2D eigenvalue weighted by molar-refractivity contribution is 6.36. The van der Waals surface area contributed by atoms with Crippen LogP contribution in [0, 0.1) is 6.92 Å². The molecule has 3 heterocycles. The van der Waals surface area contributed by atoms with Gasteiger partial charge < -0.3 is 14.0 Å². The molecule has 0 spiro atoms. The van der Waals surface area contributed by atoms with Crippen LogP contribution in [0.15, 0.2) is 29.3 Å². The number of hydrogen-bond donors (Lipinski definition) is 0. The molecule has 3 rings (SSSR count). The fourth-order valence-electron chi connectivity index (χ4n) is 2.73. The molecule has 140 valence electrons. The lowest BCUT2D eigenvalue weighted by molar-refractivity contribution is -0.136. The molecule has 27 heavy (non-hydrogen) atoms. The molecule has 0 saturated heterocycles. The first-order chi connectivity index (χ1) is 12.8. The highest BCUT2D eigenvalue weighted by Gasteiger charge is 2.31. The summed E-state index contributed by atoms with van der Waals surface area (Å²) in [4.78, 5) is 51.2. The van der Waals surface area contributed by atoms with Gasteiger partial charge in [-0.25, -0.2) is 0 Å². The third kappa shape index (κ3) is 3.64. The lowest BCUT2D eigenvalue weighted by atomic mass is 9.97. The fraction of sp³-hybridized carbons (Fsp3) is 0.316. The molecule has 8 heteroatoms. The van der Waals surface area contributed by atoms with E-state index in [4.69, 9.17) is 9.47 Å².